The van der Waals surface area contributed by atoms with E-state index in [2.05, 4.69) is 19.2 Å². The summed E-state index contributed by atoms with van der Waals surface area (Å²) < 4.78 is 26.4. The molecule has 2 rings (SSSR count). The average Bonchev–Trinajstić information content (AvgIpc) is 2.65. The Kier molecular flexibility index (Phi) is 7.20. The molecule has 0 spiro atoms. The number of hydrogen-bond acceptors (Lipinski definition) is 3. The normalized spacial score (nSPS) is 17.2. The molecule has 1 saturated heterocycles. The Morgan fingerprint density at radius 3 is 2.36 bits per heavy atom. The third kappa shape index (κ3) is 5.68. The maximum absolute atomic E-state index is 12.4. The fourth-order valence-electron chi connectivity index (χ4n) is 3.00. The van der Waals surface area contributed by atoms with Crippen LogP contribution in [0.4, 0.5) is 0 Å². The van der Waals surface area contributed by atoms with Gasteiger partial charge in [-0.05, 0) is 37.3 Å². The molecule has 0 bridgehead atoms. The van der Waals surface area contributed by atoms with E-state index in [1.165, 1.54) is 9.71 Å². The summed E-state index contributed by atoms with van der Waals surface area (Å²) in [6, 6.07) is 9.57. The predicted octanol–water partition coefficient (Wildman–Crippen LogP) is 3.00. The second-order valence-corrected chi connectivity index (χ2v) is 8.27. The van der Waals surface area contributed by atoms with E-state index in [-0.39, 0.29) is 17.9 Å². The summed E-state index contributed by atoms with van der Waals surface area (Å²) in [5.74, 6) is -0.0317. The van der Waals surface area contributed by atoms with Crippen LogP contribution in [0.25, 0.3) is 6.08 Å². The molecule has 1 amide bonds. The Labute approximate surface area is 151 Å². The minimum Gasteiger partial charge on any atom is -0.353 e. The standard InChI is InChI=1S/C19H28N2O3S/c1-3-18(4-2)20-19(22)17-10-13-21(14-11-17)25(23,24)15-12-16-8-6-5-7-9-16/h5-9,12,15,17-18H,3-4,10-11,13-14H2,1-2H3,(H,20,22). The van der Waals surface area contributed by atoms with Gasteiger partial charge in [0.05, 0.1) is 0 Å². The zero-order valence-electron chi connectivity index (χ0n) is 15.0. The van der Waals surface area contributed by atoms with Gasteiger partial charge in [-0.3, -0.25) is 4.79 Å². The quantitative estimate of drug-likeness (QED) is 0.809. The van der Waals surface area contributed by atoms with E-state index in [1.807, 2.05) is 30.3 Å². The van der Waals surface area contributed by atoms with Crippen molar-refractivity contribution in [3.8, 4) is 0 Å². The molecular formula is C19H28N2O3S. The average molecular weight is 365 g/mol. The molecule has 0 radical (unpaired) electrons. The van der Waals surface area contributed by atoms with Crippen LogP contribution in [0, 0.1) is 5.92 Å². The SMILES string of the molecule is CCC(CC)NC(=O)C1CCN(S(=O)(=O)C=Cc2ccccc2)CC1. The zero-order valence-corrected chi connectivity index (χ0v) is 15.8. The van der Waals surface area contributed by atoms with Crippen LogP contribution >= 0.6 is 0 Å². The highest BCUT2D eigenvalue weighted by Crippen LogP contribution is 2.21. The molecule has 0 aliphatic carbocycles. The number of sulfonamides is 1. The minimum atomic E-state index is -3.44. The predicted molar refractivity (Wildman–Crippen MR) is 101 cm³/mol. The van der Waals surface area contributed by atoms with Gasteiger partial charge in [0.25, 0.3) is 0 Å². The monoisotopic (exact) mass is 364 g/mol. The Bertz CT molecular complexity index is 674. The fraction of sp³-hybridized carbons (Fsp3) is 0.526. The molecule has 0 aromatic heterocycles. The number of nitrogens with one attached hydrogen (secondary N) is 1. The number of hydrogen-bond donors (Lipinski definition) is 1. The second kappa shape index (κ2) is 9.15. The number of carbonyl (C=O) groups excluding carboxylic acids is 1. The van der Waals surface area contributed by atoms with Crippen molar-refractivity contribution in [1.82, 2.24) is 9.62 Å². The highest BCUT2D eigenvalue weighted by molar-refractivity contribution is 7.92. The van der Waals surface area contributed by atoms with Crippen LogP contribution in [0.2, 0.25) is 0 Å². The summed E-state index contributed by atoms with van der Waals surface area (Å²) in [6.07, 6.45) is 4.59. The molecule has 1 aromatic carbocycles. The van der Waals surface area contributed by atoms with Crippen molar-refractivity contribution in [1.29, 1.82) is 0 Å². The van der Waals surface area contributed by atoms with Crippen molar-refractivity contribution in [3.63, 3.8) is 0 Å². The van der Waals surface area contributed by atoms with Gasteiger partial charge in [0.15, 0.2) is 0 Å². The highest BCUT2D eigenvalue weighted by Gasteiger charge is 2.30. The van der Waals surface area contributed by atoms with E-state index in [4.69, 9.17) is 0 Å². The zero-order chi connectivity index (χ0) is 18.3. The van der Waals surface area contributed by atoms with Crippen LogP contribution < -0.4 is 5.32 Å². The van der Waals surface area contributed by atoms with E-state index < -0.39 is 10.0 Å². The van der Waals surface area contributed by atoms with Gasteiger partial charge in [-0.2, -0.15) is 4.31 Å². The number of rotatable bonds is 7. The van der Waals surface area contributed by atoms with Crippen LogP contribution in [-0.4, -0.2) is 37.8 Å². The lowest BCUT2D eigenvalue weighted by molar-refractivity contribution is -0.126. The molecule has 1 N–H and O–H groups in total. The van der Waals surface area contributed by atoms with Gasteiger partial charge < -0.3 is 5.32 Å². The molecule has 1 heterocycles. The topological polar surface area (TPSA) is 66.5 Å². The number of benzene rings is 1. The molecule has 5 nitrogen and oxygen atoms in total. The van der Waals surface area contributed by atoms with Crippen LogP contribution in [0.5, 0.6) is 0 Å². The fourth-order valence-corrected chi connectivity index (χ4v) is 4.22. The molecule has 1 aliphatic heterocycles. The molecule has 1 aromatic rings. The first-order valence-electron chi connectivity index (χ1n) is 9.00. The lowest BCUT2D eigenvalue weighted by Gasteiger charge is -2.30. The van der Waals surface area contributed by atoms with E-state index in [1.54, 1.807) is 6.08 Å². The molecule has 1 fully saturated rings. The van der Waals surface area contributed by atoms with Crippen LogP contribution in [0.3, 0.4) is 0 Å². The molecule has 0 saturated carbocycles. The first kappa shape index (κ1) is 19.7. The molecule has 25 heavy (non-hydrogen) atoms. The molecule has 1 aliphatic rings. The van der Waals surface area contributed by atoms with Gasteiger partial charge in [0.1, 0.15) is 0 Å². The van der Waals surface area contributed by atoms with E-state index in [0.29, 0.717) is 25.9 Å². The number of piperidine rings is 1. The van der Waals surface area contributed by atoms with Crippen molar-refractivity contribution < 1.29 is 13.2 Å². The van der Waals surface area contributed by atoms with Crippen LogP contribution in [-0.2, 0) is 14.8 Å². The van der Waals surface area contributed by atoms with E-state index in [9.17, 15) is 13.2 Å². The Hall–Kier alpha value is -1.66. The van der Waals surface area contributed by atoms with Crippen molar-refractivity contribution in [2.75, 3.05) is 13.1 Å². The maximum atomic E-state index is 12.4. The largest absolute Gasteiger partial charge is 0.353 e. The van der Waals surface area contributed by atoms with Gasteiger partial charge in [-0.25, -0.2) is 8.42 Å². The summed E-state index contributed by atoms with van der Waals surface area (Å²) in [5.41, 5.74) is 0.852. The molecular weight excluding hydrogens is 336 g/mol. The lowest BCUT2D eigenvalue weighted by Crippen LogP contribution is -2.44. The third-order valence-electron chi connectivity index (χ3n) is 4.75. The molecule has 138 valence electrons. The molecule has 6 heteroatoms. The Morgan fingerprint density at radius 1 is 1.20 bits per heavy atom. The first-order valence-corrected chi connectivity index (χ1v) is 10.5. The Balaban J connectivity index is 1.90. The Morgan fingerprint density at radius 2 is 1.80 bits per heavy atom. The van der Waals surface area contributed by atoms with Crippen molar-refractivity contribution in [2.24, 2.45) is 5.92 Å². The smallest absolute Gasteiger partial charge is 0.236 e. The summed E-state index contributed by atoms with van der Waals surface area (Å²) in [6.45, 7) is 4.90. The summed E-state index contributed by atoms with van der Waals surface area (Å²) in [7, 11) is -3.44. The third-order valence-corrected chi connectivity index (χ3v) is 6.31. The lowest BCUT2D eigenvalue weighted by atomic mass is 9.96. The number of nitrogens with zero attached hydrogens (tertiary/aromatic N) is 1. The van der Waals surface area contributed by atoms with Gasteiger partial charge in [0, 0.05) is 30.5 Å². The maximum Gasteiger partial charge on any atom is 0.236 e. The molecule has 0 atom stereocenters. The van der Waals surface area contributed by atoms with Gasteiger partial charge in [-0.15, -0.1) is 0 Å². The van der Waals surface area contributed by atoms with E-state index in [0.717, 1.165) is 18.4 Å². The van der Waals surface area contributed by atoms with Gasteiger partial charge >= 0.3 is 0 Å². The van der Waals surface area contributed by atoms with Crippen molar-refractivity contribution >= 4 is 22.0 Å². The van der Waals surface area contributed by atoms with Crippen molar-refractivity contribution in [3.05, 3.63) is 41.3 Å². The van der Waals surface area contributed by atoms with Crippen molar-refractivity contribution in [2.45, 2.75) is 45.6 Å². The minimum absolute atomic E-state index is 0.0607. The highest BCUT2D eigenvalue weighted by atomic mass is 32.2. The summed E-state index contributed by atoms with van der Waals surface area (Å²) >= 11 is 0. The van der Waals surface area contributed by atoms with Gasteiger partial charge in [-0.1, -0.05) is 44.2 Å². The second-order valence-electron chi connectivity index (χ2n) is 6.45. The number of amides is 1. The summed E-state index contributed by atoms with van der Waals surface area (Å²) in [5, 5.41) is 4.32. The van der Waals surface area contributed by atoms with E-state index >= 15 is 0 Å². The number of carbonyl (C=O) groups is 1. The first-order chi connectivity index (χ1) is 12.0. The van der Waals surface area contributed by atoms with Crippen LogP contribution in [0.1, 0.15) is 45.1 Å². The molecule has 0 unspecified atom stereocenters. The van der Waals surface area contributed by atoms with Gasteiger partial charge in [0.2, 0.25) is 15.9 Å². The van der Waals surface area contributed by atoms with Crippen LogP contribution in [0.15, 0.2) is 35.7 Å². The summed E-state index contributed by atoms with van der Waals surface area (Å²) in [4.78, 5) is 12.3.